The third kappa shape index (κ3) is 6.60. The van der Waals surface area contributed by atoms with E-state index in [9.17, 15) is 4.79 Å². The van der Waals surface area contributed by atoms with Gasteiger partial charge in [0.05, 0.1) is 6.54 Å². The number of hydrogen-bond acceptors (Lipinski definition) is 2. The average molecular weight is 277 g/mol. The van der Waals surface area contributed by atoms with Gasteiger partial charge in [-0.3, -0.25) is 4.79 Å². The first kappa shape index (κ1) is 16.5. The summed E-state index contributed by atoms with van der Waals surface area (Å²) in [6, 6.07) is 6.14. The van der Waals surface area contributed by atoms with Gasteiger partial charge in [-0.15, -0.1) is 0 Å². The zero-order chi connectivity index (χ0) is 15.0. The fourth-order valence-electron chi connectivity index (χ4n) is 2.36. The first-order valence-corrected chi connectivity index (χ1v) is 7.49. The number of aryl methyl sites for hydroxylation is 2. The van der Waals surface area contributed by atoms with Crippen molar-refractivity contribution in [2.75, 3.05) is 13.2 Å². The van der Waals surface area contributed by atoms with Crippen LogP contribution in [0.4, 0.5) is 0 Å². The maximum Gasteiger partial charge on any atom is 0.220 e. The van der Waals surface area contributed by atoms with Crippen LogP contribution < -0.4 is 10.1 Å². The molecule has 3 heteroatoms. The molecule has 1 aromatic rings. The van der Waals surface area contributed by atoms with Crippen molar-refractivity contribution in [1.82, 2.24) is 5.32 Å². The van der Waals surface area contributed by atoms with Crippen molar-refractivity contribution in [3.05, 3.63) is 29.3 Å². The predicted molar refractivity (Wildman–Crippen MR) is 83.1 cm³/mol. The molecule has 3 nitrogen and oxygen atoms in total. The number of hydrogen-bond donors (Lipinski definition) is 1. The number of nitrogens with one attached hydrogen (secondary N) is 1. The third-order valence-electron chi connectivity index (χ3n) is 3.20. The first-order chi connectivity index (χ1) is 9.51. The summed E-state index contributed by atoms with van der Waals surface area (Å²) in [4.78, 5) is 11.7. The monoisotopic (exact) mass is 277 g/mol. The molecule has 112 valence electrons. The van der Waals surface area contributed by atoms with Crippen LogP contribution >= 0.6 is 0 Å². The van der Waals surface area contributed by atoms with E-state index in [2.05, 4.69) is 39.1 Å². The van der Waals surface area contributed by atoms with Crippen molar-refractivity contribution in [3.8, 4) is 5.75 Å². The minimum absolute atomic E-state index is 0.120. The van der Waals surface area contributed by atoms with Gasteiger partial charge < -0.3 is 10.1 Å². The molecule has 0 aromatic heterocycles. The third-order valence-corrected chi connectivity index (χ3v) is 3.20. The van der Waals surface area contributed by atoms with E-state index in [1.807, 2.05) is 12.1 Å². The van der Waals surface area contributed by atoms with E-state index in [0.29, 0.717) is 25.5 Å². The van der Waals surface area contributed by atoms with Crippen LogP contribution in [0.3, 0.4) is 0 Å². The van der Waals surface area contributed by atoms with Crippen LogP contribution in [0.15, 0.2) is 18.2 Å². The van der Waals surface area contributed by atoms with Gasteiger partial charge in [0.25, 0.3) is 0 Å². The number of carbonyl (C=O) groups excluding carboxylic acids is 1. The van der Waals surface area contributed by atoms with Crippen LogP contribution in [0.5, 0.6) is 5.75 Å². The van der Waals surface area contributed by atoms with Gasteiger partial charge in [-0.25, -0.2) is 0 Å². The minimum atomic E-state index is 0.120. The molecular formula is C17H27NO2. The summed E-state index contributed by atoms with van der Waals surface area (Å²) < 4.78 is 5.66. The standard InChI is InChI=1S/C17H27NO2/c1-5-6-13(2)12-17(19)18-7-8-20-16-10-14(3)9-15(4)11-16/h9-11,13H,5-8,12H2,1-4H3,(H,18,19). The Kier molecular flexibility index (Phi) is 7.13. The van der Waals surface area contributed by atoms with E-state index in [-0.39, 0.29) is 5.91 Å². The maximum atomic E-state index is 11.7. The van der Waals surface area contributed by atoms with Gasteiger partial charge in [0.2, 0.25) is 5.91 Å². The fourth-order valence-corrected chi connectivity index (χ4v) is 2.36. The highest BCUT2D eigenvalue weighted by Crippen LogP contribution is 2.15. The molecule has 0 aliphatic rings. The van der Waals surface area contributed by atoms with Gasteiger partial charge >= 0.3 is 0 Å². The Hall–Kier alpha value is -1.51. The van der Waals surface area contributed by atoms with Gasteiger partial charge in [0.1, 0.15) is 12.4 Å². The molecule has 0 bridgehead atoms. The molecule has 1 N–H and O–H groups in total. The minimum Gasteiger partial charge on any atom is -0.492 e. The largest absolute Gasteiger partial charge is 0.492 e. The van der Waals surface area contributed by atoms with Gasteiger partial charge in [0.15, 0.2) is 0 Å². The predicted octanol–water partition coefficient (Wildman–Crippen LogP) is 3.62. The Morgan fingerprint density at radius 3 is 2.50 bits per heavy atom. The summed E-state index contributed by atoms with van der Waals surface area (Å²) in [6.07, 6.45) is 2.84. The molecule has 1 unspecified atom stereocenters. The molecule has 0 aliphatic heterocycles. The van der Waals surface area contributed by atoms with Crippen molar-refractivity contribution in [3.63, 3.8) is 0 Å². The molecule has 1 atom stereocenters. The molecule has 1 rings (SSSR count). The summed E-state index contributed by atoms with van der Waals surface area (Å²) in [5, 5.41) is 2.91. The second-order valence-electron chi connectivity index (χ2n) is 5.62. The van der Waals surface area contributed by atoms with E-state index < -0.39 is 0 Å². The van der Waals surface area contributed by atoms with Crippen molar-refractivity contribution in [2.24, 2.45) is 5.92 Å². The molecule has 0 radical (unpaired) electrons. The van der Waals surface area contributed by atoms with E-state index in [1.54, 1.807) is 0 Å². The lowest BCUT2D eigenvalue weighted by Gasteiger charge is -2.11. The van der Waals surface area contributed by atoms with Crippen LogP contribution in [0.1, 0.15) is 44.2 Å². The van der Waals surface area contributed by atoms with Crippen molar-refractivity contribution >= 4 is 5.91 Å². The van der Waals surface area contributed by atoms with Gasteiger partial charge in [0, 0.05) is 6.42 Å². The Labute approximate surface area is 122 Å². The van der Waals surface area contributed by atoms with Crippen molar-refractivity contribution < 1.29 is 9.53 Å². The van der Waals surface area contributed by atoms with Crippen LogP contribution in [0.2, 0.25) is 0 Å². The SMILES string of the molecule is CCCC(C)CC(=O)NCCOc1cc(C)cc(C)c1. The van der Waals surface area contributed by atoms with Gasteiger partial charge in [-0.2, -0.15) is 0 Å². The molecule has 0 fully saturated rings. The van der Waals surface area contributed by atoms with E-state index in [0.717, 1.165) is 18.6 Å². The molecule has 1 amide bonds. The number of amides is 1. The van der Waals surface area contributed by atoms with E-state index in [1.165, 1.54) is 11.1 Å². The second kappa shape index (κ2) is 8.62. The maximum absolute atomic E-state index is 11.7. The number of rotatable bonds is 8. The Morgan fingerprint density at radius 1 is 1.25 bits per heavy atom. The first-order valence-electron chi connectivity index (χ1n) is 7.49. The van der Waals surface area contributed by atoms with Crippen LogP contribution in [0, 0.1) is 19.8 Å². The highest BCUT2D eigenvalue weighted by atomic mass is 16.5. The molecule has 0 spiro atoms. The number of benzene rings is 1. The van der Waals surface area contributed by atoms with Crippen molar-refractivity contribution in [2.45, 2.75) is 47.0 Å². The highest BCUT2D eigenvalue weighted by molar-refractivity contribution is 5.76. The zero-order valence-electron chi connectivity index (χ0n) is 13.2. The summed E-state index contributed by atoms with van der Waals surface area (Å²) in [5.74, 6) is 1.45. The second-order valence-corrected chi connectivity index (χ2v) is 5.62. The summed E-state index contributed by atoms with van der Waals surface area (Å²) >= 11 is 0. The van der Waals surface area contributed by atoms with Crippen LogP contribution in [-0.2, 0) is 4.79 Å². The molecule has 0 saturated heterocycles. The Balaban J connectivity index is 2.22. The lowest BCUT2D eigenvalue weighted by molar-refractivity contribution is -0.122. The topological polar surface area (TPSA) is 38.3 Å². The summed E-state index contributed by atoms with van der Waals surface area (Å²) in [6.45, 7) is 9.44. The molecule has 0 saturated carbocycles. The molecular weight excluding hydrogens is 250 g/mol. The zero-order valence-corrected chi connectivity index (χ0v) is 13.2. The van der Waals surface area contributed by atoms with Gasteiger partial charge in [-0.05, 0) is 43.0 Å². The van der Waals surface area contributed by atoms with Crippen molar-refractivity contribution in [1.29, 1.82) is 0 Å². The normalized spacial score (nSPS) is 12.0. The van der Waals surface area contributed by atoms with E-state index in [4.69, 9.17) is 4.74 Å². The number of carbonyl (C=O) groups is 1. The van der Waals surface area contributed by atoms with Gasteiger partial charge in [-0.1, -0.05) is 32.8 Å². The van der Waals surface area contributed by atoms with E-state index >= 15 is 0 Å². The fraction of sp³-hybridized carbons (Fsp3) is 0.588. The van der Waals surface area contributed by atoms with Crippen LogP contribution in [0.25, 0.3) is 0 Å². The molecule has 1 aromatic carbocycles. The lowest BCUT2D eigenvalue weighted by atomic mass is 10.0. The summed E-state index contributed by atoms with van der Waals surface area (Å²) in [7, 11) is 0. The lowest BCUT2D eigenvalue weighted by Crippen LogP contribution is -2.29. The number of ether oxygens (including phenoxy) is 1. The molecule has 20 heavy (non-hydrogen) atoms. The van der Waals surface area contributed by atoms with Crippen LogP contribution in [-0.4, -0.2) is 19.1 Å². The highest BCUT2D eigenvalue weighted by Gasteiger charge is 2.07. The quantitative estimate of drug-likeness (QED) is 0.737. The molecule has 0 heterocycles. The Morgan fingerprint density at radius 2 is 1.90 bits per heavy atom. The summed E-state index contributed by atoms with van der Waals surface area (Å²) in [5.41, 5.74) is 2.38. The Bertz CT molecular complexity index is 409. The molecule has 0 aliphatic carbocycles. The smallest absolute Gasteiger partial charge is 0.220 e. The average Bonchev–Trinajstić information content (AvgIpc) is 2.33.